The average Bonchev–Trinajstić information content (AvgIpc) is 2.73. The maximum atomic E-state index is 13.3. The predicted octanol–water partition coefficient (Wildman–Crippen LogP) is 4.30. The third-order valence-corrected chi connectivity index (χ3v) is 5.47. The summed E-state index contributed by atoms with van der Waals surface area (Å²) in [7, 11) is 0. The zero-order valence-electron chi connectivity index (χ0n) is 18.2. The second kappa shape index (κ2) is 11.4. The minimum atomic E-state index is -0.454. The Morgan fingerprint density at radius 1 is 0.966 bits per heavy atom. The van der Waals surface area contributed by atoms with Crippen LogP contribution in [0.3, 0.4) is 0 Å². The third kappa shape index (κ3) is 6.74. The fourth-order valence-corrected chi connectivity index (χ4v) is 3.41. The molecule has 2 atom stereocenters. The summed E-state index contributed by atoms with van der Waals surface area (Å²) >= 11 is 0. The lowest BCUT2D eigenvalue weighted by Gasteiger charge is -2.31. The molecule has 0 unspecified atom stereocenters. The van der Waals surface area contributed by atoms with Gasteiger partial charge in [-0.05, 0) is 49.8 Å². The predicted molar refractivity (Wildman–Crippen MR) is 119 cm³/mol. The number of rotatable bonds is 10. The van der Waals surface area contributed by atoms with Crippen molar-refractivity contribution in [3.05, 3.63) is 71.3 Å². The summed E-state index contributed by atoms with van der Waals surface area (Å²) in [6.07, 6.45) is 2.50. The second-order valence-electron chi connectivity index (χ2n) is 7.67. The first-order valence-corrected chi connectivity index (χ1v) is 10.6. The Hall–Kier alpha value is -2.62. The van der Waals surface area contributed by atoms with Gasteiger partial charge >= 0.3 is 0 Å². The van der Waals surface area contributed by atoms with Crippen LogP contribution in [0.2, 0.25) is 0 Å². The number of carbonyl (C=O) groups is 2. The minimum absolute atomic E-state index is 0.00128. The summed E-state index contributed by atoms with van der Waals surface area (Å²) in [6, 6.07) is 17.7. The van der Waals surface area contributed by atoms with Gasteiger partial charge in [0.15, 0.2) is 0 Å². The van der Waals surface area contributed by atoms with E-state index in [0.717, 1.165) is 24.0 Å². The molecule has 4 nitrogen and oxygen atoms in total. The van der Waals surface area contributed by atoms with Crippen molar-refractivity contribution in [2.24, 2.45) is 0 Å². The van der Waals surface area contributed by atoms with Crippen molar-refractivity contribution in [2.45, 2.75) is 65.5 Å². The highest BCUT2D eigenvalue weighted by Gasteiger charge is 2.29. The SMILES string of the molecule is CC[C@@H](C)NC(=O)[C@@H](CC)N(CCc1ccccc1)C(=O)Cc1ccccc1C. The largest absolute Gasteiger partial charge is 0.352 e. The monoisotopic (exact) mass is 394 g/mol. The van der Waals surface area contributed by atoms with Crippen LogP contribution in [0.15, 0.2) is 54.6 Å². The maximum Gasteiger partial charge on any atom is 0.243 e. The van der Waals surface area contributed by atoms with Gasteiger partial charge in [-0.1, -0.05) is 68.4 Å². The quantitative estimate of drug-likeness (QED) is 0.653. The Balaban J connectivity index is 2.21. The summed E-state index contributed by atoms with van der Waals surface area (Å²) in [5, 5.41) is 3.06. The second-order valence-corrected chi connectivity index (χ2v) is 7.67. The number of benzene rings is 2. The lowest BCUT2D eigenvalue weighted by atomic mass is 10.0. The van der Waals surface area contributed by atoms with E-state index in [0.29, 0.717) is 19.4 Å². The molecule has 2 aromatic carbocycles. The van der Waals surface area contributed by atoms with Crippen molar-refractivity contribution in [1.29, 1.82) is 0 Å². The molecule has 0 radical (unpaired) electrons. The van der Waals surface area contributed by atoms with E-state index in [4.69, 9.17) is 0 Å². The highest BCUT2D eigenvalue weighted by atomic mass is 16.2. The van der Waals surface area contributed by atoms with Crippen LogP contribution in [0.5, 0.6) is 0 Å². The Bertz CT molecular complexity index is 788. The molecule has 2 rings (SSSR count). The van der Waals surface area contributed by atoms with Crippen molar-refractivity contribution in [1.82, 2.24) is 10.2 Å². The molecule has 0 aromatic heterocycles. The van der Waals surface area contributed by atoms with E-state index in [9.17, 15) is 9.59 Å². The first kappa shape index (κ1) is 22.7. The van der Waals surface area contributed by atoms with Gasteiger partial charge in [0, 0.05) is 12.6 Å². The van der Waals surface area contributed by atoms with Crippen LogP contribution < -0.4 is 5.32 Å². The van der Waals surface area contributed by atoms with E-state index in [1.54, 1.807) is 4.90 Å². The zero-order chi connectivity index (χ0) is 21.2. The highest BCUT2D eigenvalue weighted by Crippen LogP contribution is 2.14. The molecule has 1 N–H and O–H groups in total. The van der Waals surface area contributed by atoms with E-state index in [2.05, 4.69) is 17.4 Å². The third-order valence-electron chi connectivity index (χ3n) is 5.47. The molecule has 0 aliphatic heterocycles. The van der Waals surface area contributed by atoms with Gasteiger partial charge in [-0.25, -0.2) is 0 Å². The van der Waals surface area contributed by atoms with Crippen molar-refractivity contribution in [3.63, 3.8) is 0 Å². The van der Waals surface area contributed by atoms with Crippen LogP contribution in [0.4, 0.5) is 0 Å². The van der Waals surface area contributed by atoms with Gasteiger partial charge in [0.05, 0.1) is 6.42 Å². The number of nitrogens with one attached hydrogen (secondary N) is 1. The van der Waals surface area contributed by atoms with Gasteiger partial charge in [-0.3, -0.25) is 9.59 Å². The molecular formula is C25H34N2O2. The van der Waals surface area contributed by atoms with Crippen molar-refractivity contribution in [3.8, 4) is 0 Å². The number of hydrogen-bond donors (Lipinski definition) is 1. The van der Waals surface area contributed by atoms with Crippen molar-refractivity contribution in [2.75, 3.05) is 6.54 Å². The fraction of sp³-hybridized carbons (Fsp3) is 0.440. The van der Waals surface area contributed by atoms with Crippen molar-refractivity contribution < 1.29 is 9.59 Å². The number of carbonyl (C=O) groups excluding carboxylic acids is 2. The van der Waals surface area contributed by atoms with Gasteiger partial charge in [0.2, 0.25) is 11.8 Å². The Labute approximate surface area is 175 Å². The summed E-state index contributed by atoms with van der Waals surface area (Å²) in [5.74, 6) is -0.0607. The van der Waals surface area contributed by atoms with Crippen molar-refractivity contribution >= 4 is 11.8 Å². The molecule has 0 heterocycles. The average molecular weight is 395 g/mol. The Morgan fingerprint density at radius 2 is 1.62 bits per heavy atom. The Kier molecular flexibility index (Phi) is 8.91. The normalized spacial score (nSPS) is 12.8. The summed E-state index contributed by atoms with van der Waals surface area (Å²) in [6.45, 7) is 8.55. The van der Waals surface area contributed by atoms with Crippen LogP contribution >= 0.6 is 0 Å². The van der Waals surface area contributed by atoms with Crippen LogP contribution in [0.1, 0.15) is 50.3 Å². The molecule has 2 aromatic rings. The van der Waals surface area contributed by atoms with E-state index >= 15 is 0 Å². The first-order valence-electron chi connectivity index (χ1n) is 10.6. The van der Waals surface area contributed by atoms with E-state index in [1.165, 1.54) is 5.56 Å². The number of nitrogens with zero attached hydrogens (tertiary/aromatic N) is 1. The molecule has 29 heavy (non-hydrogen) atoms. The lowest BCUT2D eigenvalue weighted by molar-refractivity contribution is -0.140. The Morgan fingerprint density at radius 3 is 2.24 bits per heavy atom. The molecule has 0 fully saturated rings. The molecule has 0 saturated carbocycles. The topological polar surface area (TPSA) is 49.4 Å². The van der Waals surface area contributed by atoms with E-state index in [1.807, 2.05) is 70.2 Å². The molecule has 0 bridgehead atoms. The van der Waals surface area contributed by atoms with Gasteiger partial charge in [-0.2, -0.15) is 0 Å². The highest BCUT2D eigenvalue weighted by molar-refractivity contribution is 5.88. The fourth-order valence-electron chi connectivity index (χ4n) is 3.41. The molecular weight excluding hydrogens is 360 g/mol. The standard InChI is InChI=1S/C25H34N2O2/c1-5-20(4)26-25(29)23(6-2)27(17-16-21-13-8-7-9-14-21)24(28)18-22-15-11-10-12-19(22)3/h7-15,20,23H,5-6,16-18H2,1-4H3,(H,26,29)/t20-,23-/m1/s1. The molecule has 0 saturated heterocycles. The number of hydrogen-bond acceptors (Lipinski definition) is 2. The van der Waals surface area contributed by atoms with Crippen LogP contribution in [0.25, 0.3) is 0 Å². The summed E-state index contributed by atoms with van der Waals surface area (Å²) < 4.78 is 0. The summed E-state index contributed by atoms with van der Waals surface area (Å²) in [4.78, 5) is 28.0. The molecule has 0 aliphatic rings. The van der Waals surface area contributed by atoms with Crippen LogP contribution in [0, 0.1) is 6.92 Å². The van der Waals surface area contributed by atoms with Gasteiger partial charge in [0.25, 0.3) is 0 Å². The van der Waals surface area contributed by atoms with E-state index in [-0.39, 0.29) is 17.9 Å². The first-order chi connectivity index (χ1) is 14.0. The summed E-state index contributed by atoms with van der Waals surface area (Å²) in [5.41, 5.74) is 3.28. The lowest BCUT2D eigenvalue weighted by Crippen LogP contribution is -2.52. The maximum absolute atomic E-state index is 13.3. The van der Waals surface area contributed by atoms with Crippen LogP contribution in [-0.2, 0) is 22.4 Å². The zero-order valence-corrected chi connectivity index (χ0v) is 18.2. The van der Waals surface area contributed by atoms with E-state index < -0.39 is 6.04 Å². The number of amides is 2. The molecule has 2 amide bonds. The van der Waals surface area contributed by atoms with Gasteiger partial charge in [0.1, 0.15) is 6.04 Å². The number of aryl methyl sites for hydroxylation is 1. The van der Waals surface area contributed by atoms with Gasteiger partial charge in [-0.15, -0.1) is 0 Å². The molecule has 0 spiro atoms. The molecule has 0 aliphatic carbocycles. The smallest absolute Gasteiger partial charge is 0.243 e. The van der Waals surface area contributed by atoms with Crippen LogP contribution in [-0.4, -0.2) is 35.3 Å². The molecule has 156 valence electrons. The van der Waals surface area contributed by atoms with Gasteiger partial charge < -0.3 is 10.2 Å². The molecule has 4 heteroatoms. The minimum Gasteiger partial charge on any atom is -0.352 e.